The summed E-state index contributed by atoms with van der Waals surface area (Å²) in [6, 6.07) is 2.82. The van der Waals surface area contributed by atoms with Gasteiger partial charge in [-0.05, 0) is 6.92 Å². The number of carboxylic acid groups (broad SMARTS) is 1. The second kappa shape index (κ2) is 4.92. The van der Waals surface area contributed by atoms with Crippen molar-refractivity contribution in [3.05, 3.63) is 27.2 Å². The number of benzene rings is 1. The number of halogens is 3. The molecule has 3 nitrogen and oxygen atoms in total. The first-order valence-electron chi connectivity index (χ1n) is 3.96. The van der Waals surface area contributed by atoms with Gasteiger partial charge in [-0.25, -0.2) is 4.79 Å². The van der Waals surface area contributed by atoms with Crippen molar-refractivity contribution in [2.75, 3.05) is 0 Å². The molecule has 1 atom stereocenters. The zero-order valence-electron chi connectivity index (χ0n) is 7.63. The Morgan fingerprint density at radius 2 is 1.80 bits per heavy atom. The molecule has 6 heteroatoms. The van der Waals surface area contributed by atoms with E-state index >= 15 is 0 Å². The highest BCUT2D eigenvalue weighted by Crippen LogP contribution is 2.34. The number of aliphatic carboxylic acids is 1. The Morgan fingerprint density at radius 1 is 1.33 bits per heavy atom. The maximum Gasteiger partial charge on any atom is 0.344 e. The molecule has 0 spiro atoms. The Kier molecular flexibility index (Phi) is 4.08. The highest BCUT2D eigenvalue weighted by atomic mass is 35.5. The molecular formula is C9H7Cl3O3. The molecule has 0 saturated heterocycles. The standard InChI is InChI=1S/C9H7Cl3O3/c1-4(9(13)14)15-5-2-6(10)8(12)7(11)3-5/h2-4H,1H3,(H,13,14)/t4-/m1/s1. The van der Waals surface area contributed by atoms with E-state index < -0.39 is 12.1 Å². The van der Waals surface area contributed by atoms with Crippen LogP contribution in [0.1, 0.15) is 6.92 Å². The average molecular weight is 270 g/mol. The van der Waals surface area contributed by atoms with Gasteiger partial charge in [0.05, 0.1) is 15.1 Å². The summed E-state index contributed by atoms with van der Waals surface area (Å²) >= 11 is 17.2. The highest BCUT2D eigenvalue weighted by molar-refractivity contribution is 6.48. The molecule has 0 fully saturated rings. The molecule has 1 rings (SSSR count). The number of carbonyl (C=O) groups is 1. The van der Waals surface area contributed by atoms with Crippen LogP contribution in [0.4, 0.5) is 0 Å². The van der Waals surface area contributed by atoms with Crippen molar-refractivity contribution in [2.24, 2.45) is 0 Å². The Labute approximate surface area is 102 Å². The van der Waals surface area contributed by atoms with E-state index in [2.05, 4.69) is 0 Å². The fourth-order valence-electron chi connectivity index (χ4n) is 0.855. The summed E-state index contributed by atoms with van der Waals surface area (Å²) in [5.74, 6) is -0.804. The molecule has 0 unspecified atom stereocenters. The van der Waals surface area contributed by atoms with Gasteiger partial charge in [-0.3, -0.25) is 0 Å². The van der Waals surface area contributed by atoms with Gasteiger partial charge in [0.15, 0.2) is 6.10 Å². The normalized spacial score (nSPS) is 12.3. The van der Waals surface area contributed by atoms with Crippen molar-refractivity contribution in [3.8, 4) is 5.75 Å². The van der Waals surface area contributed by atoms with Gasteiger partial charge in [0.2, 0.25) is 0 Å². The van der Waals surface area contributed by atoms with Gasteiger partial charge < -0.3 is 9.84 Å². The summed E-state index contributed by atoms with van der Waals surface area (Å²) in [7, 11) is 0. The number of ether oxygens (including phenoxy) is 1. The Morgan fingerprint density at radius 3 is 2.20 bits per heavy atom. The summed E-state index contributed by atoms with van der Waals surface area (Å²) in [5, 5.41) is 9.27. The van der Waals surface area contributed by atoms with Crippen LogP contribution < -0.4 is 4.74 Å². The molecule has 0 amide bonds. The van der Waals surface area contributed by atoms with Crippen molar-refractivity contribution >= 4 is 40.8 Å². The van der Waals surface area contributed by atoms with Gasteiger partial charge in [-0.1, -0.05) is 34.8 Å². The number of carboxylic acids is 1. The third kappa shape index (κ3) is 3.16. The summed E-state index contributed by atoms with van der Waals surface area (Å²) in [5.41, 5.74) is 0. The average Bonchev–Trinajstić information content (AvgIpc) is 2.13. The van der Waals surface area contributed by atoms with Gasteiger partial charge in [0, 0.05) is 12.1 Å². The monoisotopic (exact) mass is 268 g/mol. The molecule has 0 bridgehead atoms. The Hall–Kier alpha value is -0.640. The highest BCUT2D eigenvalue weighted by Gasteiger charge is 2.14. The maximum atomic E-state index is 10.5. The van der Waals surface area contributed by atoms with Crippen LogP contribution in [-0.4, -0.2) is 17.2 Å². The fraction of sp³-hybridized carbons (Fsp3) is 0.222. The predicted octanol–water partition coefficient (Wildman–Crippen LogP) is 3.50. The van der Waals surface area contributed by atoms with Crippen molar-refractivity contribution in [2.45, 2.75) is 13.0 Å². The third-order valence-corrected chi connectivity index (χ3v) is 2.81. The molecule has 0 saturated carbocycles. The van der Waals surface area contributed by atoms with Crippen molar-refractivity contribution in [1.29, 1.82) is 0 Å². The summed E-state index contributed by atoms with van der Waals surface area (Å²) in [6.45, 7) is 1.40. The topological polar surface area (TPSA) is 46.5 Å². The molecule has 0 aliphatic rings. The lowest BCUT2D eigenvalue weighted by Crippen LogP contribution is -2.22. The number of hydrogen-bond acceptors (Lipinski definition) is 2. The summed E-state index contributed by atoms with van der Waals surface area (Å²) in [4.78, 5) is 10.5. The lowest BCUT2D eigenvalue weighted by molar-refractivity contribution is -0.144. The van der Waals surface area contributed by atoms with Crippen LogP contribution in [0.25, 0.3) is 0 Å². The molecule has 82 valence electrons. The van der Waals surface area contributed by atoms with Crippen LogP contribution >= 0.6 is 34.8 Å². The minimum atomic E-state index is -1.07. The van der Waals surface area contributed by atoms with Gasteiger partial charge in [0.25, 0.3) is 0 Å². The first-order valence-corrected chi connectivity index (χ1v) is 5.09. The second-order valence-corrected chi connectivity index (χ2v) is 3.99. The van der Waals surface area contributed by atoms with Crippen LogP contribution in [0.2, 0.25) is 15.1 Å². The van der Waals surface area contributed by atoms with Gasteiger partial charge in [-0.2, -0.15) is 0 Å². The van der Waals surface area contributed by atoms with E-state index in [1.165, 1.54) is 19.1 Å². The van der Waals surface area contributed by atoms with Crippen molar-refractivity contribution in [3.63, 3.8) is 0 Å². The van der Waals surface area contributed by atoms with Crippen LogP contribution in [0, 0.1) is 0 Å². The third-order valence-electron chi connectivity index (χ3n) is 1.62. The van der Waals surface area contributed by atoms with Crippen molar-refractivity contribution in [1.82, 2.24) is 0 Å². The summed E-state index contributed by atoms with van der Waals surface area (Å²) < 4.78 is 5.07. The van der Waals surface area contributed by atoms with E-state index in [-0.39, 0.29) is 20.8 Å². The van der Waals surface area contributed by atoms with Crippen LogP contribution in [-0.2, 0) is 4.79 Å². The SMILES string of the molecule is C[C@@H](Oc1cc(Cl)c(Cl)c(Cl)c1)C(=O)O. The lowest BCUT2D eigenvalue weighted by Gasteiger charge is -2.11. The first-order chi connectivity index (χ1) is 6.91. The van der Waals surface area contributed by atoms with Gasteiger partial charge in [-0.15, -0.1) is 0 Å². The zero-order chi connectivity index (χ0) is 11.6. The Bertz CT molecular complexity index is 369. The molecule has 0 aliphatic carbocycles. The van der Waals surface area contributed by atoms with E-state index in [0.29, 0.717) is 0 Å². The van der Waals surface area contributed by atoms with E-state index in [1.54, 1.807) is 0 Å². The molecular weight excluding hydrogens is 262 g/mol. The smallest absolute Gasteiger partial charge is 0.344 e. The van der Waals surface area contributed by atoms with Crippen LogP contribution in [0.15, 0.2) is 12.1 Å². The minimum absolute atomic E-state index is 0.216. The minimum Gasteiger partial charge on any atom is -0.479 e. The largest absolute Gasteiger partial charge is 0.479 e. The predicted molar refractivity (Wildman–Crippen MR) is 59.2 cm³/mol. The van der Waals surface area contributed by atoms with Gasteiger partial charge >= 0.3 is 5.97 Å². The van der Waals surface area contributed by atoms with E-state index in [4.69, 9.17) is 44.6 Å². The maximum absolute atomic E-state index is 10.5. The molecule has 0 radical (unpaired) electrons. The number of hydrogen-bond donors (Lipinski definition) is 1. The molecule has 0 aromatic heterocycles. The second-order valence-electron chi connectivity index (χ2n) is 2.80. The van der Waals surface area contributed by atoms with E-state index in [0.717, 1.165) is 0 Å². The van der Waals surface area contributed by atoms with Crippen molar-refractivity contribution < 1.29 is 14.6 Å². The summed E-state index contributed by atoms with van der Waals surface area (Å²) in [6.07, 6.45) is -0.974. The molecule has 1 N–H and O–H groups in total. The van der Waals surface area contributed by atoms with E-state index in [1.807, 2.05) is 0 Å². The van der Waals surface area contributed by atoms with Gasteiger partial charge in [0.1, 0.15) is 5.75 Å². The molecule has 1 aromatic rings. The van der Waals surface area contributed by atoms with E-state index in [9.17, 15) is 4.79 Å². The lowest BCUT2D eigenvalue weighted by atomic mass is 10.3. The van der Waals surface area contributed by atoms with Crippen LogP contribution in [0.3, 0.4) is 0 Å². The van der Waals surface area contributed by atoms with Crippen LogP contribution in [0.5, 0.6) is 5.75 Å². The quantitative estimate of drug-likeness (QED) is 0.854. The molecule has 15 heavy (non-hydrogen) atoms. The Balaban J connectivity index is 2.92. The molecule has 0 heterocycles. The number of rotatable bonds is 3. The molecule has 1 aromatic carbocycles. The first kappa shape index (κ1) is 12.4. The molecule has 0 aliphatic heterocycles. The zero-order valence-corrected chi connectivity index (χ0v) is 9.90. The fourth-order valence-corrected chi connectivity index (χ4v) is 1.43.